The Kier molecular flexibility index (Phi) is 14.8. The Morgan fingerprint density at radius 1 is 1.00 bits per heavy atom. The fourth-order valence-corrected chi connectivity index (χ4v) is 3.10. The van der Waals surface area contributed by atoms with Gasteiger partial charge in [0, 0.05) is 19.5 Å². The van der Waals surface area contributed by atoms with Gasteiger partial charge in [-0.2, -0.15) is 0 Å². The third-order valence-corrected chi connectivity index (χ3v) is 4.53. The van der Waals surface area contributed by atoms with E-state index in [0.717, 1.165) is 13.0 Å². The van der Waals surface area contributed by atoms with Gasteiger partial charge in [0.05, 0.1) is 13.0 Å². The van der Waals surface area contributed by atoms with Gasteiger partial charge in [0.25, 0.3) is 0 Å². The molecule has 4 nitrogen and oxygen atoms in total. The average molecular weight is 342 g/mol. The Bertz CT molecular complexity index is 331. The molecular formula is C20H39NO3. The summed E-state index contributed by atoms with van der Waals surface area (Å²) in [5.41, 5.74) is 0. The minimum Gasteiger partial charge on any atom is -0.469 e. The lowest BCUT2D eigenvalue weighted by atomic mass is 10.1. The van der Waals surface area contributed by atoms with Crippen molar-refractivity contribution in [3.05, 3.63) is 0 Å². The molecule has 1 saturated heterocycles. The molecule has 0 aliphatic carbocycles. The van der Waals surface area contributed by atoms with Crippen molar-refractivity contribution in [2.24, 2.45) is 5.92 Å². The van der Waals surface area contributed by atoms with Crippen LogP contribution >= 0.6 is 0 Å². The molecule has 1 unspecified atom stereocenters. The number of nitrogens with zero attached hydrogens (tertiary/aromatic N) is 1. The molecule has 1 atom stereocenters. The molecular weight excluding hydrogens is 302 g/mol. The van der Waals surface area contributed by atoms with Gasteiger partial charge in [-0.1, -0.05) is 78.6 Å². The van der Waals surface area contributed by atoms with Crippen LogP contribution in [0.15, 0.2) is 0 Å². The van der Waals surface area contributed by atoms with E-state index in [2.05, 4.69) is 6.92 Å². The summed E-state index contributed by atoms with van der Waals surface area (Å²) in [7, 11) is 1.39. The van der Waals surface area contributed by atoms with E-state index in [4.69, 9.17) is 4.74 Å². The molecule has 4 heteroatoms. The maximum absolute atomic E-state index is 11.8. The summed E-state index contributed by atoms with van der Waals surface area (Å²) in [6.45, 7) is 7.59. The third-order valence-electron chi connectivity index (χ3n) is 4.53. The quantitative estimate of drug-likeness (QED) is 0.372. The van der Waals surface area contributed by atoms with E-state index < -0.39 is 0 Å². The number of hydrogen-bond acceptors (Lipinski definition) is 3. The van der Waals surface area contributed by atoms with Crippen LogP contribution in [0.5, 0.6) is 0 Å². The molecule has 1 amide bonds. The first kappa shape index (κ1) is 22.9. The van der Waals surface area contributed by atoms with E-state index in [0.29, 0.717) is 13.0 Å². The van der Waals surface area contributed by atoms with Crippen molar-refractivity contribution in [2.75, 3.05) is 20.2 Å². The topological polar surface area (TPSA) is 46.6 Å². The number of carbonyl (C=O) groups is 2. The Morgan fingerprint density at radius 3 is 2.00 bits per heavy atom. The van der Waals surface area contributed by atoms with Crippen LogP contribution in [0.25, 0.3) is 0 Å². The van der Waals surface area contributed by atoms with Gasteiger partial charge in [0.2, 0.25) is 5.91 Å². The molecule has 0 radical (unpaired) electrons. The van der Waals surface area contributed by atoms with Gasteiger partial charge in [0.1, 0.15) is 0 Å². The summed E-state index contributed by atoms with van der Waals surface area (Å²) >= 11 is 0. The molecule has 0 bridgehead atoms. The second-order valence-electron chi connectivity index (χ2n) is 6.45. The van der Waals surface area contributed by atoms with Crippen molar-refractivity contribution >= 4 is 11.9 Å². The highest BCUT2D eigenvalue weighted by Crippen LogP contribution is 2.20. The summed E-state index contributed by atoms with van der Waals surface area (Å²) in [6, 6.07) is 0. The third kappa shape index (κ3) is 9.94. The molecule has 142 valence electrons. The number of hydrogen-bond donors (Lipinski definition) is 0. The number of amides is 1. The zero-order valence-electron chi connectivity index (χ0n) is 16.4. The lowest BCUT2D eigenvalue weighted by molar-refractivity contribution is -0.145. The molecule has 1 heterocycles. The predicted octanol–water partition coefficient (Wildman–Crippen LogP) is 4.96. The van der Waals surface area contributed by atoms with Gasteiger partial charge in [-0.3, -0.25) is 9.59 Å². The van der Waals surface area contributed by atoms with Crippen LogP contribution in [0.4, 0.5) is 0 Å². The minimum absolute atomic E-state index is 0.103. The second kappa shape index (κ2) is 15.5. The summed E-state index contributed by atoms with van der Waals surface area (Å²) in [5.74, 6) is -0.397. The number of methoxy groups -OCH3 is 1. The Balaban J connectivity index is 0.00000254. The van der Waals surface area contributed by atoms with Gasteiger partial charge < -0.3 is 9.64 Å². The number of ether oxygens (including phenoxy) is 1. The van der Waals surface area contributed by atoms with Crippen LogP contribution in [-0.2, 0) is 14.3 Å². The second-order valence-corrected chi connectivity index (χ2v) is 6.45. The lowest BCUT2D eigenvalue weighted by Gasteiger charge is -2.15. The number of rotatable bonds is 12. The molecule has 1 aliphatic rings. The van der Waals surface area contributed by atoms with Gasteiger partial charge in [0.15, 0.2) is 0 Å². The first-order chi connectivity index (χ1) is 11.7. The van der Waals surface area contributed by atoms with Crippen LogP contribution in [0, 0.1) is 5.92 Å². The zero-order valence-corrected chi connectivity index (χ0v) is 16.4. The zero-order chi connectivity index (χ0) is 18.2. The van der Waals surface area contributed by atoms with E-state index >= 15 is 0 Å². The SMILES string of the molecule is CC.CCCCCCCCCCCCN1CC(C(=O)OC)CC1=O. The molecule has 0 aromatic rings. The first-order valence-electron chi connectivity index (χ1n) is 10.0. The van der Waals surface area contributed by atoms with Crippen LogP contribution in [0.2, 0.25) is 0 Å². The molecule has 0 N–H and O–H groups in total. The van der Waals surface area contributed by atoms with Gasteiger partial charge in [-0.15, -0.1) is 0 Å². The molecule has 24 heavy (non-hydrogen) atoms. The lowest BCUT2D eigenvalue weighted by Crippen LogP contribution is -2.27. The summed E-state index contributed by atoms with van der Waals surface area (Å²) < 4.78 is 4.72. The van der Waals surface area contributed by atoms with Crippen LogP contribution in [0.3, 0.4) is 0 Å². The number of esters is 1. The number of likely N-dealkylation sites (tertiary alicyclic amines) is 1. The maximum atomic E-state index is 11.8. The average Bonchev–Trinajstić information content (AvgIpc) is 2.98. The van der Waals surface area contributed by atoms with E-state index in [1.807, 2.05) is 18.7 Å². The fraction of sp³-hybridized carbons (Fsp3) is 0.900. The van der Waals surface area contributed by atoms with Gasteiger partial charge in [-0.05, 0) is 6.42 Å². The Morgan fingerprint density at radius 2 is 1.50 bits per heavy atom. The molecule has 0 aromatic carbocycles. The highest BCUT2D eigenvalue weighted by molar-refractivity contribution is 5.86. The van der Waals surface area contributed by atoms with Crippen molar-refractivity contribution in [1.82, 2.24) is 4.90 Å². The van der Waals surface area contributed by atoms with Crippen LogP contribution in [0.1, 0.15) is 91.4 Å². The van der Waals surface area contributed by atoms with Crippen LogP contribution < -0.4 is 0 Å². The Hall–Kier alpha value is -1.06. The smallest absolute Gasteiger partial charge is 0.310 e. The van der Waals surface area contributed by atoms with Crippen LogP contribution in [-0.4, -0.2) is 37.0 Å². The predicted molar refractivity (Wildman–Crippen MR) is 99.9 cm³/mol. The normalized spacial score (nSPS) is 16.8. The van der Waals surface area contributed by atoms with Crippen molar-refractivity contribution in [3.63, 3.8) is 0 Å². The van der Waals surface area contributed by atoms with Crippen molar-refractivity contribution in [1.29, 1.82) is 0 Å². The molecule has 1 aliphatic heterocycles. The minimum atomic E-state index is -0.251. The van der Waals surface area contributed by atoms with E-state index in [1.54, 1.807) is 0 Å². The molecule has 1 fully saturated rings. The fourth-order valence-electron chi connectivity index (χ4n) is 3.10. The largest absolute Gasteiger partial charge is 0.469 e. The van der Waals surface area contributed by atoms with Gasteiger partial charge >= 0.3 is 5.97 Å². The van der Waals surface area contributed by atoms with Crippen molar-refractivity contribution in [3.8, 4) is 0 Å². The van der Waals surface area contributed by atoms with Gasteiger partial charge in [-0.25, -0.2) is 0 Å². The standard InChI is InChI=1S/C18H33NO3.C2H6/c1-3-4-5-6-7-8-9-10-11-12-13-19-15-16(14-17(19)20)18(21)22-2;1-2/h16H,3-15H2,1-2H3;1-2H3. The molecule has 1 rings (SSSR count). The summed E-state index contributed by atoms with van der Waals surface area (Å²) in [6.07, 6.45) is 13.3. The molecule has 0 saturated carbocycles. The maximum Gasteiger partial charge on any atom is 0.310 e. The summed E-state index contributed by atoms with van der Waals surface area (Å²) in [5, 5.41) is 0. The van der Waals surface area contributed by atoms with E-state index in [-0.39, 0.29) is 17.8 Å². The van der Waals surface area contributed by atoms with Crippen molar-refractivity contribution in [2.45, 2.75) is 91.4 Å². The number of carbonyl (C=O) groups excluding carboxylic acids is 2. The van der Waals surface area contributed by atoms with E-state index in [1.165, 1.54) is 64.9 Å². The van der Waals surface area contributed by atoms with E-state index in [9.17, 15) is 9.59 Å². The monoisotopic (exact) mass is 341 g/mol. The summed E-state index contributed by atoms with van der Waals surface area (Å²) in [4.78, 5) is 25.1. The Labute approximate surface area is 149 Å². The van der Waals surface area contributed by atoms with Crippen molar-refractivity contribution < 1.29 is 14.3 Å². The first-order valence-corrected chi connectivity index (χ1v) is 10.0. The number of unbranched alkanes of at least 4 members (excludes halogenated alkanes) is 9. The highest BCUT2D eigenvalue weighted by Gasteiger charge is 2.34. The molecule has 0 spiro atoms. The highest BCUT2D eigenvalue weighted by atomic mass is 16.5. The molecule has 0 aromatic heterocycles.